The minimum atomic E-state index is -0.182. The quantitative estimate of drug-likeness (QED) is 0.209. The average molecular weight is 280 g/mol. The van der Waals surface area contributed by atoms with Crippen molar-refractivity contribution in [3.63, 3.8) is 0 Å². The second-order valence-corrected chi connectivity index (χ2v) is 5.06. The van der Waals surface area contributed by atoms with Crippen molar-refractivity contribution in [2.24, 2.45) is 0 Å². The molecule has 0 atom stereocenters. The van der Waals surface area contributed by atoms with Crippen LogP contribution in [0.4, 0.5) is 0 Å². The number of hydrogen-bond donors (Lipinski definition) is 0. The van der Waals surface area contributed by atoms with Crippen LogP contribution in [-0.4, -0.2) is 18.9 Å². The van der Waals surface area contributed by atoms with Crippen LogP contribution in [0.25, 0.3) is 0 Å². The van der Waals surface area contributed by atoms with Gasteiger partial charge < -0.3 is 9.53 Å². The van der Waals surface area contributed by atoms with Gasteiger partial charge in [0.1, 0.15) is 6.29 Å². The molecule has 3 heteroatoms. The van der Waals surface area contributed by atoms with E-state index in [4.69, 9.17) is 11.2 Å². The maximum Gasteiger partial charge on any atom is 0.306 e. The molecule has 0 aromatic carbocycles. The Hall–Kier alpha value is -1.30. The van der Waals surface area contributed by atoms with E-state index in [2.05, 4.69) is 5.92 Å². The van der Waals surface area contributed by atoms with Crippen LogP contribution in [0.15, 0.2) is 0 Å². The maximum atomic E-state index is 11.1. The van der Waals surface area contributed by atoms with E-state index in [9.17, 15) is 9.59 Å². The predicted molar refractivity (Wildman–Crippen MR) is 81.3 cm³/mol. The maximum absolute atomic E-state index is 11.1. The molecule has 0 bridgehead atoms. The van der Waals surface area contributed by atoms with Gasteiger partial charge in [-0.2, -0.15) is 0 Å². The smallest absolute Gasteiger partial charge is 0.306 e. The van der Waals surface area contributed by atoms with Gasteiger partial charge in [-0.25, -0.2) is 0 Å². The van der Waals surface area contributed by atoms with Gasteiger partial charge in [-0.1, -0.05) is 44.9 Å². The highest BCUT2D eigenvalue weighted by molar-refractivity contribution is 5.69. The molecule has 0 saturated heterocycles. The molecule has 0 amide bonds. The summed E-state index contributed by atoms with van der Waals surface area (Å²) in [5.41, 5.74) is 0. The molecule has 0 fully saturated rings. The van der Waals surface area contributed by atoms with Gasteiger partial charge in [-0.05, 0) is 12.8 Å². The summed E-state index contributed by atoms with van der Waals surface area (Å²) in [5.74, 6) is 2.24. The molecule has 0 aromatic heterocycles. The second-order valence-electron chi connectivity index (χ2n) is 5.06. The van der Waals surface area contributed by atoms with Crippen LogP contribution < -0.4 is 0 Å². The van der Waals surface area contributed by atoms with Gasteiger partial charge >= 0.3 is 5.97 Å². The zero-order valence-electron chi connectivity index (χ0n) is 12.6. The van der Waals surface area contributed by atoms with E-state index in [0.29, 0.717) is 25.9 Å². The molecule has 0 unspecified atom stereocenters. The zero-order valence-corrected chi connectivity index (χ0v) is 12.6. The van der Waals surface area contributed by atoms with Crippen molar-refractivity contribution in [2.45, 2.75) is 77.0 Å². The van der Waals surface area contributed by atoms with E-state index < -0.39 is 0 Å². The largest absolute Gasteiger partial charge is 0.466 e. The van der Waals surface area contributed by atoms with Crippen LogP contribution in [0.1, 0.15) is 77.0 Å². The monoisotopic (exact) mass is 280 g/mol. The number of ether oxygens (including phenoxy) is 1. The minimum absolute atomic E-state index is 0.182. The van der Waals surface area contributed by atoms with Gasteiger partial charge in [0.2, 0.25) is 0 Å². The topological polar surface area (TPSA) is 43.4 Å². The first-order chi connectivity index (χ1) is 9.81. The van der Waals surface area contributed by atoms with Gasteiger partial charge in [0.25, 0.3) is 0 Å². The Balaban J connectivity index is 3.08. The summed E-state index contributed by atoms with van der Waals surface area (Å²) in [6, 6.07) is 0. The van der Waals surface area contributed by atoms with E-state index in [1.807, 2.05) is 0 Å². The van der Waals surface area contributed by atoms with E-state index >= 15 is 0 Å². The van der Waals surface area contributed by atoms with Crippen molar-refractivity contribution in [1.82, 2.24) is 0 Å². The van der Waals surface area contributed by atoms with Crippen molar-refractivity contribution in [3.05, 3.63) is 0 Å². The van der Waals surface area contributed by atoms with Crippen LogP contribution in [0.5, 0.6) is 0 Å². The zero-order chi connectivity index (χ0) is 14.9. The fraction of sp³-hybridized carbons (Fsp3) is 0.765. The molecule has 0 aliphatic rings. The summed E-state index contributed by atoms with van der Waals surface area (Å²) in [7, 11) is 0. The lowest BCUT2D eigenvalue weighted by Crippen LogP contribution is -2.05. The van der Waals surface area contributed by atoms with Crippen molar-refractivity contribution in [2.75, 3.05) is 6.61 Å². The van der Waals surface area contributed by atoms with Crippen molar-refractivity contribution >= 4 is 12.3 Å². The lowest BCUT2D eigenvalue weighted by atomic mass is 10.1. The number of rotatable bonds is 14. The number of carbonyl (C=O) groups is 2. The highest BCUT2D eigenvalue weighted by Crippen LogP contribution is 2.10. The molecule has 0 N–H and O–H groups in total. The lowest BCUT2D eigenvalue weighted by molar-refractivity contribution is -0.143. The van der Waals surface area contributed by atoms with E-state index in [1.165, 1.54) is 38.5 Å². The fourth-order valence-electron chi connectivity index (χ4n) is 2.00. The van der Waals surface area contributed by atoms with Crippen LogP contribution >= 0.6 is 0 Å². The van der Waals surface area contributed by atoms with Crippen molar-refractivity contribution in [3.8, 4) is 12.3 Å². The van der Waals surface area contributed by atoms with E-state index in [1.54, 1.807) is 0 Å². The third-order valence-corrected chi connectivity index (χ3v) is 3.20. The molecule has 0 radical (unpaired) electrons. The highest BCUT2D eigenvalue weighted by atomic mass is 16.5. The Morgan fingerprint density at radius 2 is 1.50 bits per heavy atom. The Kier molecular flexibility index (Phi) is 14.7. The molecule has 0 aromatic rings. The fourth-order valence-corrected chi connectivity index (χ4v) is 2.00. The molecular weight excluding hydrogens is 252 g/mol. The summed E-state index contributed by atoms with van der Waals surface area (Å²) in [6.07, 6.45) is 18.1. The van der Waals surface area contributed by atoms with Gasteiger partial charge in [-0.15, -0.1) is 12.3 Å². The molecule has 0 aliphatic carbocycles. The van der Waals surface area contributed by atoms with Gasteiger partial charge in [-0.3, -0.25) is 4.79 Å². The molecular formula is C17H28O3. The van der Waals surface area contributed by atoms with Crippen LogP contribution in [0, 0.1) is 12.3 Å². The van der Waals surface area contributed by atoms with Gasteiger partial charge in [0, 0.05) is 12.8 Å². The number of esters is 1. The molecule has 0 heterocycles. The summed E-state index contributed by atoms with van der Waals surface area (Å²) >= 11 is 0. The summed E-state index contributed by atoms with van der Waals surface area (Å²) in [5, 5.41) is 0. The first-order valence-electron chi connectivity index (χ1n) is 7.84. The Bertz CT molecular complexity index is 278. The number of terminal acetylenes is 1. The van der Waals surface area contributed by atoms with Crippen molar-refractivity contribution < 1.29 is 14.3 Å². The normalized spacial score (nSPS) is 9.95. The standard InChI is InChI=1S/C17H28O3/c1-2-3-14-17(19)20-16-13-11-9-7-5-4-6-8-10-12-15-18/h1,15H,3-14,16H2. The molecule has 0 saturated carbocycles. The third kappa shape index (κ3) is 14.8. The Morgan fingerprint density at radius 1 is 0.950 bits per heavy atom. The molecule has 0 rings (SSSR count). The summed E-state index contributed by atoms with van der Waals surface area (Å²) < 4.78 is 5.06. The van der Waals surface area contributed by atoms with E-state index in [-0.39, 0.29) is 5.97 Å². The number of carbonyl (C=O) groups excluding carboxylic acids is 2. The first-order valence-corrected chi connectivity index (χ1v) is 7.84. The Labute approximate surface area is 123 Å². The molecule has 3 nitrogen and oxygen atoms in total. The SMILES string of the molecule is C#CCCC(=O)OCCCCCCCCCCCC=O. The second kappa shape index (κ2) is 15.8. The van der Waals surface area contributed by atoms with E-state index in [0.717, 1.165) is 25.5 Å². The lowest BCUT2D eigenvalue weighted by Gasteiger charge is -2.04. The molecule has 114 valence electrons. The average Bonchev–Trinajstić information content (AvgIpc) is 2.46. The number of unbranched alkanes of at least 4 members (excludes halogenated alkanes) is 9. The summed E-state index contributed by atoms with van der Waals surface area (Å²) in [4.78, 5) is 21.3. The van der Waals surface area contributed by atoms with Crippen LogP contribution in [-0.2, 0) is 14.3 Å². The number of hydrogen-bond acceptors (Lipinski definition) is 3. The summed E-state index contributed by atoms with van der Waals surface area (Å²) in [6.45, 7) is 0.523. The predicted octanol–water partition coefficient (Wildman–Crippen LogP) is 4.04. The highest BCUT2D eigenvalue weighted by Gasteiger charge is 2.00. The Morgan fingerprint density at radius 3 is 2.05 bits per heavy atom. The van der Waals surface area contributed by atoms with Crippen molar-refractivity contribution in [1.29, 1.82) is 0 Å². The minimum Gasteiger partial charge on any atom is -0.466 e. The molecule has 0 spiro atoms. The third-order valence-electron chi connectivity index (χ3n) is 3.20. The van der Waals surface area contributed by atoms with Gasteiger partial charge in [0.05, 0.1) is 13.0 Å². The number of aldehydes is 1. The van der Waals surface area contributed by atoms with Crippen LogP contribution in [0.3, 0.4) is 0 Å². The molecule has 20 heavy (non-hydrogen) atoms. The van der Waals surface area contributed by atoms with Gasteiger partial charge in [0.15, 0.2) is 0 Å². The van der Waals surface area contributed by atoms with Crippen LogP contribution in [0.2, 0.25) is 0 Å². The first kappa shape index (κ1) is 18.7. The molecule has 0 aliphatic heterocycles.